The zero-order valence-electron chi connectivity index (χ0n) is 13.0. The van der Waals surface area contributed by atoms with E-state index in [-0.39, 0.29) is 0 Å². The molecule has 0 aliphatic carbocycles. The molecule has 2 rings (SSSR count). The second-order valence-corrected chi connectivity index (χ2v) is 5.49. The molecule has 2 aromatic carbocycles. The second kappa shape index (κ2) is 8.35. The topological polar surface area (TPSA) is 29.3 Å². The van der Waals surface area contributed by atoms with E-state index in [0.717, 1.165) is 12.2 Å². The standard InChI is InChI=1S/C19H26N2/c1-2-3-4-5-9-16-21(18-10-7-6-8-11-18)19-14-12-17(20)13-15-19/h6-8,10-15H,2-5,9,16,20H2,1H3. The van der Waals surface area contributed by atoms with Gasteiger partial charge >= 0.3 is 0 Å². The van der Waals surface area contributed by atoms with Crippen LogP contribution in [0.15, 0.2) is 54.6 Å². The zero-order valence-corrected chi connectivity index (χ0v) is 13.0. The van der Waals surface area contributed by atoms with Crippen molar-refractivity contribution < 1.29 is 0 Å². The fourth-order valence-electron chi connectivity index (χ4n) is 2.54. The number of rotatable bonds is 8. The highest BCUT2D eigenvalue weighted by atomic mass is 15.1. The van der Waals surface area contributed by atoms with Crippen molar-refractivity contribution >= 4 is 17.1 Å². The van der Waals surface area contributed by atoms with E-state index in [1.165, 1.54) is 43.5 Å². The minimum absolute atomic E-state index is 0.815. The Morgan fingerprint density at radius 1 is 0.762 bits per heavy atom. The van der Waals surface area contributed by atoms with E-state index in [1.807, 2.05) is 12.1 Å². The molecule has 2 aromatic rings. The molecular formula is C19H26N2. The van der Waals surface area contributed by atoms with Crippen LogP contribution in [0.4, 0.5) is 17.1 Å². The normalized spacial score (nSPS) is 10.5. The van der Waals surface area contributed by atoms with Gasteiger partial charge in [0.25, 0.3) is 0 Å². The minimum atomic E-state index is 0.815. The first kappa shape index (κ1) is 15.4. The Bertz CT molecular complexity index is 505. The molecule has 0 bridgehead atoms. The monoisotopic (exact) mass is 282 g/mol. The largest absolute Gasteiger partial charge is 0.399 e. The highest BCUT2D eigenvalue weighted by molar-refractivity contribution is 5.64. The van der Waals surface area contributed by atoms with Crippen LogP contribution in [-0.2, 0) is 0 Å². The van der Waals surface area contributed by atoms with E-state index in [4.69, 9.17) is 5.73 Å². The first-order chi connectivity index (χ1) is 10.3. The molecule has 0 amide bonds. The van der Waals surface area contributed by atoms with Crippen LogP contribution < -0.4 is 10.6 Å². The highest BCUT2D eigenvalue weighted by Crippen LogP contribution is 2.26. The van der Waals surface area contributed by atoms with Gasteiger partial charge in [0.1, 0.15) is 0 Å². The molecule has 0 atom stereocenters. The lowest BCUT2D eigenvalue weighted by molar-refractivity contribution is 0.634. The molecule has 21 heavy (non-hydrogen) atoms. The summed E-state index contributed by atoms with van der Waals surface area (Å²) >= 11 is 0. The third-order valence-corrected chi connectivity index (χ3v) is 3.76. The molecule has 2 nitrogen and oxygen atoms in total. The molecule has 0 fully saturated rings. The third-order valence-electron chi connectivity index (χ3n) is 3.76. The lowest BCUT2D eigenvalue weighted by Crippen LogP contribution is -2.18. The predicted octanol–water partition coefficient (Wildman–Crippen LogP) is 5.38. The number of benzene rings is 2. The van der Waals surface area contributed by atoms with Crippen molar-refractivity contribution in [3.8, 4) is 0 Å². The summed E-state index contributed by atoms with van der Waals surface area (Å²) in [5, 5.41) is 0. The van der Waals surface area contributed by atoms with Crippen molar-refractivity contribution in [2.45, 2.75) is 39.0 Å². The van der Waals surface area contributed by atoms with Gasteiger partial charge in [-0.3, -0.25) is 0 Å². The van der Waals surface area contributed by atoms with Gasteiger partial charge in [-0.25, -0.2) is 0 Å². The summed E-state index contributed by atoms with van der Waals surface area (Å²) in [6, 6.07) is 18.7. The Morgan fingerprint density at radius 2 is 1.38 bits per heavy atom. The molecule has 112 valence electrons. The zero-order chi connectivity index (χ0) is 14.9. The molecule has 0 aliphatic heterocycles. The first-order valence-electron chi connectivity index (χ1n) is 7.99. The van der Waals surface area contributed by atoms with Gasteiger partial charge in [0.05, 0.1) is 0 Å². The lowest BCUT2D eigenvalue weighted by atomic mass is 10.1. The quantitative estimate of drug-likeness (QED) is 0.520. The fraction of sp³-hybridized carbons (Fsp3) is 0.368. The van der Waals surface area contributed by atoms with Crippen molar-refractivity contribution in [3.05, 3.63) is 54.6 Å². The van der Waals surface area contributed by atoms with Crippen molar-refractivity contribution in [2.75, 3.05) is 17.2 Å². The average Bonchev–Trinajstić information content (AvgIpc) is 2.53. The second-order valence-electron chi connectivity index (χ2n) is 5.49. The molecule has 0 aromatic heterocycles. The Balaban J connectivity index is 2.06. The van der Waals surface area contributed by atoms with Crippen LogP contribution in [0, 0.1) is 0 Å². The average molecular weight is 282 g/mol. The number of nitrogens with zero attached hydrogens (tertiary/aromatic N) is 1. The van der Waals surface area contributed by atoms with E-state index in [2.05, 4.69) is 54.3 Å². The van der Waals surface area contributed by atoms with E-state index < -0.39 is 0 Å². The van der Waals surface area contributed by atoms with Gasteiger partial charge in [0.15, 0.2) is 0 Å². The van der Waals surface area contributed by atoms with Gasteiger partial charge in [-0.2, -0.15) is 0 Å². The molecular weight excluding hydrogens is 256 g/mol. The number of hydrogen-bond acceptors (Lipinski definition) is 2. The summed E-state index contributed by atoms with van der Waals surface area (Å²) in [6.07, 6.45) is 6.49. The predicted molar refractivity (Wildman–Crippen MR) is 93.1 cm³/mol. The molecule has 0 spiro atoms. The number of anilines is 3. The van der Waals surface area contributed by atoms with Crippen LogP contribution in [0.2, 0.25) is 0 Å². The molecule has 0 heterocycles. The van der Waals surface area contributed by atoms with Crippen LogP contribution in [0.3, 0.4) is 0 Å². The molecule has 2 heteroatoms. The number of para-hydroxylation sites is 1. The maximum Gasteiger partial charge on any atom is 0.0412 e. The van der Waals surface area contributed by atoms with Gasteiger partial charge in [0.2, 0.25) is 0 Å². The van der Waals surface area contributed by atoms with Gasteiger partial charge in [-0.1, -0.05) is 50.8 Å². The Kier molecular flexibility index (Phi) is 6.14. The highest BCUT2D eigenvalue weighted by Gasteiger charge is 2.08. The summed E-state index contributed by atoms with van der Waals surface area (Å²) < 4.78 is 0. The van der Waals surface area contributed by atoms with Gasteiger partial charge in [-0.05, 0) is 42.8 Å². The summed E-state index contributed by atoms with van der Waals surface area (Å²) in [7, 11) is 0. The summed E-state index contributed by atoms with van der Waals surface area (Å²) in [4.78, 5) is 2.38. The van der Waals surface area contributed by atoms with Crippen LogP contribution in [-0.4, -0.2) is 6.54 Å². The van der Waals surface area contributed by atoms with Gasteiger partial charge in [-0.15, -0.1) is 0 Å². The maximum atomic E-state index is 5.80. The lowest BCUT2D eigenvalue weighted by Gasteiger charge is -2.25. The number of nitrogen functional groups attached to an aromatic ring is 1. The van der Waals surface area contributed by atoms with Gasteiger partial charge in [0, 0.05) is 23.6 Å². The van der Waals surface area contributed by atoms with Crippen LogP contribution in [0.1, 0.15) is 39.0 Å². The van der Waals surface area contributed by atoms with Crippen LogP contribution in [0.25, 0.3) is 0 Å². The number of nitrogens with two attached hydrogens (primary N) is 1. The van der Waals surface area contributed by atoms with Crippen LogP contribution in [0.5, 0.6) is 0 Å². The molecule has 0 radical (unpaired) electrons. The van der Waals surface area contributed by atoms with Crippen molar-refractivity contribution in [1.29, 1.82) is 0 Å². The van der Waals surface area contributed by atoms with E-state index in [1.54, 1.807) is 0 Å². The summed E-state index contributed by atoms with van der Waals surface area (Å²) in [5.74, 6) is 0. The summed E-state index contributed by atoms with van der Waals surface area (Å²) in [5.41, 5.74) is 9.08. The first-order valence-corrected chi connectivity index (χ1v) is 7.99. The number of unbranched alkanes of at least 4 members (excludes halogenated alkanes) is 4. The van der Waals surface area contributed by atoms with E-state index in [9.17, 15) is 0 Å². The fourth-order valence-corrected chi connectivity index (χ4v) is 2.54. The van der Waals surface area contributed by atoms with Crippen molar-refractivity contribution in [3.63, 3.8) is 0 Å². The van der Waals surface area contributed by atoms with Gasteiger partial charge < -0.3 is 10.6 Å². The maximum absolute atomic E-state index is 5.80. The smallest absolute Gasteiger partial charge is 0.0412 e. The minimum Gasteiger partial charge on any atom is -0.399 e. The van der Waals surface area contributed by atoms with Crippen molar-refractivity contribution in [2.24, 2.45) is 0 Å². The van der Waals surface area contributed by atoms with Crippen LogP contribution >= 0.6 is 0 Å². The molecule has 0 saturated heterocycles. The molecule has 2 N–H and O–H groups in total. The summed E-state index contributed by atoms with van der Waals surface area (Å²) in [6.45, 7) is 3.31. The third kappa shape index (κ3) is 4.82. The van der Waals surface area contributed by atoms with Crippen molar-refractivity contribution in [1.82, 2.24) is 0 Å². The Hall–Kier alpha value is -1.96. The number of hydrogen-bond donors (Lipinski definition) is 1. The molecule has 0 saturated carbocycles. The molecule has 0 aliphatic rings. The molecule has 0 unspecified atom stereocenters. The Morgan fingerprint density at radius 3 is 2.05 bits per heavy atom. The Labute approximate surface area is 128 Å². The van der Waals surface area contributed by atoms with E-state index in [0.29, 0.717) is 0 Å². The van der Waals surface area contributed by atoms with E-state index >= 15 is 0 Å². The SMILES string of the molecule is CCCCCCCN(c1ccccc1)c1ccc(N)cc1.